The van der Waals surface area contributed by atoms with Gasteiger partial charge in [0, 0.05) is 17.7 Å². The second-order valence-electron chi connectivity index (χ2n) is 4.52. The normalized spacial score (nSPS) is 10.1. The average Bonchev–Trinajstić information content (AvgIpc) is 2.99. The molecule has 6 heteroatoms. The number of benzene rings is 2. The van der Waals surface area contributed by atoms with Crippen LogP contribution in [0, 0.1) is 21.4 Å². The van der Waals surface area contributed by atoms with E-state index in [1.165, 1.54) is 23.7 Å². The molecule has 106 valence electrons. The summed E-state index contributed by atoms with van der Waals surface area (Å²) in [6.45, 7) is 0. The lowest BCUT2D eigenvalue weighted by Gasteiger charge is -2.00. The Balaban J connectivity index is 2.14. The molecule has 0 saturated heterocycles. The minimum atomic E-state index is -0.458. The Bertz CT molecular complexity index is 882. The van der Waals surface area contributed by atoms with Crippen LogP contribution < -0.4 is 0 Å². The van der Waals surface area contributed by atoms with E-state index in [1.54, 1.807) is 12.1 Å². The third-order valence-electron chi connectivity index (χ3n) is 3.17. The quantitative estimate of drug-likeness (QED) is 0.535. The summed E-state index contributed by atoms with van der Waals surface area (Å²) < 4.78 is 4.33. The van der Waals surface area contributed by atoms with Crippen molar-refractivity contribution in [3.63, 3.8) is 0 Å². The van der Waals surface area contributed by atoms with Crippen molar-refractivity contribution < 1.29 is 4.92 Å². The van der Waals surface area contributed by atoms with E-state index in [0.29, 0.717) is 16.8 Å². The van der Waals surface area contributed by atoms with E-state index in [-0.39, 0.29) is 5.69 Å². The summed E-state index contributed by atoms with van der Waals surface area (Å²) in [5.74, 6) is 0. The van der Waals surface area contributed by atoms with Crippen molar-refractivity contribution in [3.8, 4) is 27.8 Å². The third-order valence-corrected chi connectivity index (χ3v) is 4.07. The van der Waals surface area contributed by atoms with Crippen LogP contribution in [-0.2, 0) is 0 Å². The maximum atomic E-state index is 10.9. The van der Waals surface area contributed by atoms with E-state index in [1.807, 2.05) is 30.3 Å². The highest BCUT2D eigenvalue weighted by molar-refractivity contribution is 7.10. The molecule has 0 unspecified atom stereocenters. The second-order valence-corrected chi connectivity index (χ2v) is 5.29. The Kier molecular flexibility index (Phi) is 3.64. The van der Waals surface area contributed by atoms with E-state index in [2.05, 4.69) is 10.4 Å². The number of nitriles is 1. The Morgan fingerprint density at radius 1 is 1.09 bits per heavy atom. The molecule has 0 aliphatic carbocycles. The number of hydrogen-bond acceptors (Lipinski definition) is 5. The second kappa shape index (κ2) is 5.76. The van der Waals surface area contributed by atoms with Gasteiger partial charge < -0.3 is 0 Å². The van der Waals surface area contributed by atoms with Gasteiger partial charge in [0.05, 0.1) is 15.4 Å². The fourth-order valence-corrected chi connectivity index (χ4v) is 3.00. The van der Waals surface area contributed by atoms with Crippen molar-refractivity contribution in [2.24, 2.45) is 0 Å². The maximum Gasteiger partial charge on any atom is 0.270 e. The first kappa shape index (κ1) is 13.9. The van der Waals surface area contributed by atoms with Crippen LogP contribution in [0.3, 0.4) is 0 Å². The summed E-state index contributed by atoms with van der Waals surface area (Å²) in [5, 5.41) is 20.4. The van der Waals surface area contributed by atoms with E-state index >= 15 is 0 Å². The number of nitrogens with zero attached hydrogens (tertiary/aromatic N) is 3. The minimum absolute atomic E-state index is 0.0179. The van der Waals surface area contributed by atoms with Crippen molar-refractivity contribution in [2.75, 3.05) is 0 Å². The zero-order valence-corrected chi connectivity index (χ0v) is 12.1. The lowest BCUT2D eigenvalue weighted by Crippen LogP contribution is -1.89. The van der Waals surface area contributed by atoms with Gasteiger partial charge in [0.2, 0.25) is 0 Å². The molecule has 1 aromatic heterocycles. The fourth-order valence-electron chi connectivity index (χ4n) is 2.14. The van der Waals surface area contributed by atoms with Crippen LogP contribution >= 0.6 is 11.5 Å². The molecule has 0 saturated carbocycles. The summed E-state index contributed by atoms with van der Waals surface area (Å²) in [5.41, 5.74) is 2.39. The first-order valence-corrected chi connectivity index (χ1v) is 7.18. The van der Waals surface area contributed by atoms with E-state index in [0.717, 1.165) is 10.4 Å². The lowest BCUT2D eigenvalue weighted by molar-refractivity contribution is -0.384. The van der Waals surface area contributed by atoms with Crippen LogP contribution in [0.1, 0.15) is 5.56 Å². The number of aromatic nitrogens is 1. The standard InChI is InChI=1S/C16H9N3O2S/c17-10-14-15(12-7-4-8-13(9-12)19(20)21)18-22-16(14)11-5-2-1-3-6-11/h1-9H. The molecule has 5 nitrogen and oxygen atoms in total. The SMILES string of the molecule is N#Cc1c(-c2cccc([N+](=O)[O-])c2)nsc1-c1ccccc1. The van der Waals surface area contributed by atoms with Crippen molar-refractivity contribution >= 4 is 17.2 Å². The summed E-state index contributed by atoms with van der Waals surface area (Å²) in [7, 11) is 0. The molecular formula is C16H9N3O2S. The summed E-state index contributed by atoms with van der Waals surface area (Å²) >= 11 is 1.22. The first-order chi connectivity index (χ1) is 10.7. The number of non-ortho nitro benzene ring substituents is 1. The monoisotopic (exact) mass is 307 g/mol. The minimum Gasteiger partial charge on any atom is -0.258 e. The molecule has 0 bridgehead atoms. The molecule has 1 heterocycles. The Labute approximate surface area is 130 Å². The van der Waals surface area contributed by atoms with Crippen LogP contribution in [-0.4, -0.2) is 9.30 Å². The van der Waals surface area contributed by atoms with Crippen LogP contribution in [0.2, 0.25) is 0 Å². The van der Waals surface area contributed by atoms with Crippen LogP contribution in [0.4, 0.5) is 5.69 Å². The molecule has 3 aromatic rings. The molecule has 0 fully saturated rings. The maximum absolute atomic E-state index is 10.9. The van der Waals surface area contributed by atoms with Crippen molar-refractivity contribution in [3.05, 3.63) is 70.3 Å². The van der Waals surface area contributed by atoms with Crippen LogP contribution in [0.5, 0.6) is 0 Å². The Hall–Kier alpha value is -3.04. The Morgan fingerprint density at radius 3 is 2.50 bits per heavy atom. The van der Waals surface area contributed by atoms with Gasteiger partial charge in [-0.1, -0.05) is 42.5 Å². The molecule has 0 amide bonds. The van der Waals surface area contributed by atoms with Crippen LogP contribution in [0.25, 0.3) is 21.7 Å². The molecule has 0 aliphatic heterocycles. The van der Waals surface area contributed by atoms with Crippen molar-refractivity contribution in [1.82, 2.24) is 4.37 Å². The lowest BCUT2D eigenvalue weighted by atomic mass is 10.0. The number of nitro groups is 1. The average molecular weight is 307 g/mol. The van der Waals surface area contributed by atoms with Crippen LogP contribution in [0.15, 0.2) is 54.6 Å². The molecule has 3 rings (SSSR count). The highest BCUT2D eigenvalue weighted by Gasteiger charge is 2.18. The molecule has 0 N–H and O–H groups in total. The van der Waals surface area contributed by atoms with E-state index in [4.69, 9.17) is 0 Å². The smallest absolute Gasteiger partial charge is 0.258 e. The van der Waals surface area contributed by atoms with Gasteiger partial charge in [-0.25, -0.2) is 0 Å². The topological polar surface area (TPSA) is 79.8 Å². The van der Waals surface area contributed by atoms with Gasteiger partial charge in [0.25, 0.3) is 5.69 Å². The van der Waals surface area contributed by atoms with Gasteiger partial charge in [-0.15, -0.1) is 0 Å². The van der Waals surface area contributed by atoms with Gasteiger partial charge >= 0.3 is 0 Å². The summed E-state index contributed by atoms with van der Waals surface area (Å²) in [6, 6.07) is 17.8. The number of nitro benzene ring substituents is 1. The van der Waals surface area contributed by atoms with Crippen molar-refractivity contribution in [1.29, 1.82) is 5.26 Å². The molecular weight excluding hydrogens is 298 g/mol. The molecule has 22 heavy (non-hydrogen) atoms. The molecule has 0 radical (unpaired) electrons. The molecule has 0 aliphatic rings. The number of hydrogen-bond donors (Lipinski definition) is 0. The largest absolute Gasteiger partial charge is 0.270 e. The van der Waals surface area contributed by atoms with E-state index in [9.17, 15) is 15.4 Å². The first-order valence-electron chi connectivity index (χ1n) is 6.40. The number of rotatable bonds is 3. The van der Waals surface area contributed by atoms with Gasteiger partial charge in [-0.3, -0.25) is 10.1 Å². The molecule has 0 atom stereocenters. The van der Waals surface area contributed by atoms with Crippen molar-refractivity contribution in [2.45, 2.75) is 0 Å². The zero-order chi connectivity index (χ0) is 15.5. The predicted molar refractivity (Wildman–Crippen MR) is 84.4 cm³/mol. The molecule has 2 aromatic carbocycles. The predicted octanol–water partition coefficient (Wildman–Crippen LogP) is 4.26. The summed E-state index contributed by atoms with van der Waals surface area (Å²) in [4.78, 5) is 11.2. The van der Waals surface area contributed by atoms with Gasteiger partial charge in [-0.2, -0.15) is 9.64 Å². The van der Waals surface area contributed by atoms with Gasteiger partial charge in [0.15, 0.2) is 0 Å². The fraction of sp³-hybridized carbons (Fsp3) is 0. The Morgan fingerprint density at radius 2 is 1.82 bits per heavy atom. The third kappa shape index (κ3) is 2.45. The molecule has 0 spiro atoms. The highest BCUT2D eigenvalue weighted by atomic mass is 32.1. The van der Waals surface area contributed by atoms with Gasteiger partial charge in [-0.05, 0) is 17.1 Å². The van der Waals surface area contributed by atoms with Gasteiger partial charge in [0.1, 0.15) is 11.8 Å². The van der Waals surface area contributed by atoms with E-state index < -0.39 is 4.92 Å². The summed E-state index contributed by atoms with van der Waals surface area (Å²) in [6.07, 6.45) is 0. The zero-order valence-electron chi connectivity index (χ0n) is 11.3. The highest BCUT2D eigenvalue weighted by Crippen LogP contribution is 2.35.